The average Bonchev–Trinajstić information content (AvgIpc) is 3.23. The van der Waals surface area contributed by atoms with Gasteiger partial charge in [0.15, 0.2) is 5.76 Å². The van der Waals surface area contributed by atoms with Gasteiger partial charge in [0.1, 0.15) is 0 Å². The SMILES string of the molecule is CC(NC(=O)CCNC(=O)c1ccco1)c1ccc(-c2ccccc2)cc1. The van der Waals surface area contributed by atoms with E-state index in [1.165, 1.54) is 6.26 Å². The van der Waals surface area contributed by atoms with Crippen molar-refractivity contribution in [3.8, 4) is 11.1 Å². The van der Waals surface area contributed by atoms with Crippen molar-refractivity contribution in [1.82, 2.24) is 10.6 Å². The fraction of sp³-hybridized carbons (Fsp3) is 0.182. The Hall–Kier alpha value is -3.34. The van der Waals surface area contributed by atoms with Crippen LogP contribution >= 0.6 is 0 Å². The van der Waals surface area contributed by atoms with Gasteiger partial charge in [0.25, 0.3) is 5.91 Å². The van der Waals surface area contributed by atoms with E-state index in [2.05, 4.69) is 34.9 Å². The van der Waals surface area contributed by atoms with Crippen LogP contribution in [0.2, 0.25) is 0 Å². The third-order valence-electron chi connectivity index (χ3n) is 4.28. The monoisotopic (exact) mass is 362 g/mol. The van der Waals surface area contributed by atoms with Crippen molar-refractivity contribution < 1.29 is 14.0 Å². The number of benzene rings is 2. The molecule has 0 aliphatic rings. The summed E-state index contributed by atoms with van der Waals surface area (Å²) in [7, 11) is 0. The lowest BCUT2D eigenvalue weighted by Crippen LogP contribution is -2.31. The molecule has 5 heteroatoms. The van der Waals surface area contributed by atoms with Gasteiger partial charge in [-0.05, 0) is 35.7 Å². The van der Waals surface area contributed by atoms with Gasteiger partial charge in [-0.25, -0.2) is 0 Å². The summed E-state index contributed by atoms with van der Waals surface area (Å²) in [6, 6.07) is 21.4. The highest BCUT2D eigenvalue weighted by Gasteiger charge is 2.12. The zero-order valence-electron chi connectivity index (χ0n) is 15.1. The molecule has 0 saturated heterocycles. The number of carbonyl (C=O) groups is 2. The Kier molecular flexibility index (Phi) is 6.05. The lowest BCUT2D eigenvalue weighted by atomic mass is 10.0. The van der Waals surface area contributed by atoms with E-state index in [9.17, 15) is 9.59 Å². The molecule has 27 heavy (non-hydrogen) atoms. The Morgan fingerprint density at radius 1 is 0.926 bits per heavy atom. The molecule has 1 unspecified atom stereocenters. The maximum atomic E-state index is 12.1. The van der Waals surface area contributed by atoms with Crippen LogP contribution in [0.3, 0.4) is 0 Å². The van der Waals surface area contributed by atoms with Crippen molar-refractivity contribution in [2.45, 2.75) is 19.4 Å². The molecule has 2 aromatic carbocycles. The van der Waals surface area contributed by atoms with Crippen molar-refractivity contribution >= 4 is 11.8 Å². The van der Waals surface area contributed by atoms with Gasteiger partial charge >= 0.3 is 0 Å². The second-order valence-electron chi connectivity index (χ2n) is 6.26. The van der Waals surface area contributed by atoms with Crippen molar-refractivity contribution in [3.05, 3.63) is 84.3 Å². The van der Waals surface area contributed by atoms with Gasteiger partial charge in [0.2, 0.25) is 5.91 Å². The van der Waals surface area contributed by atoms with Gasteiger partial charge in [-0.15, -0.1) is 0 Å². The molecule has 0 aliphatic heterocycles. The Labute approximate surface area is 158 Å². The minimum absolute atomic E-state index is 0.108. The fourth-order valence-electron chi connectivity index (χ4n) is 2.78. The Balaban J connectivity index is 1.47. The van der Waals surface area contributed by atoms with Crippen molar-refractivity contribution in [2.75, 3.05) is 6.54 Å². The maximum Gasteiger partial charge on any atom is 0.286 e. The summed E-state index contributed by atoms with van der Waals surface area (Å²) >= 11 is 0. The molecule has 5 nitrogen and oxygen atoms in total. The van der Waals surface area contributed by atoms with Crippen LogP contribution in [0.5, 0.6) is 0 Å². The van der Waals surface area contributed by atoms with Crippen LogP contribution < -0.4 is 10.6 Å². The molecule has 1 aromatic heterocycles. The highest BCUT2D eigenvalue weighted by atomic mass is 16.3. The summed E-state index contributed by atoms with van der Waals surface area (Å²) in [6.45, 7) is 2.20. The van der Waals surface area contributed by atoms with Crippen LogP contribution in [0.25, 0.3) is 11.1 Å². The van der Waals surface area contributed by atoms with E-state index in [4.69, 9.17) is 4.42 Å². The number of nitrogens with one attached hydrogen (secondary N) is 2. The summed E-state index contributed by atoms with van der Waals surface area (Å²) in [5.74, 6) is -0.200. The second kappa shape index (κ2) is 8.85. The number of rotatable bonds is 7. The van der Waals surface area contributed by atoms with Crippen molar-refractivity contribution in [3.63, 3.8) is 0 Å². The fourth-order valence-corrected chi connectivity index (χ4v) is 2.78. The van der Waals surface area contributed by atoms with Crippen molar-refractivity contribution in [1.29, 1.82) is 0 Å². The highest BCUT2D eigenvalue weighted by Crippen LogP contribution is 2.21. The van der Waals surface area contributed by atoms with Crippen LogP contribution in [0.1, 0.15) is 35.5 Å². The number of hydrogen-bond acceptors (Lipinski definition) is 3. The Morgan fingerprint density at radius 3 is 2.30 bits per heavy atom. The third kappa shape index (κ3) is 5.07. The van der Waals surface area contributed by atoms with E-state index >= 15 is 0 Å². The topological polar surface area (TPSA) is 71.3 Å². The van der Waals surface area contributed by atoms with Crippen LogP contribution in [0.15, 0.2) is 77.4 Å². The molecule has 1 heterocycles. The number of furan rings is 1. The first-order chi connectivity index (χ1) is 13.1. The average molecular weight is 362 g/mol. The first-order valence-electron chi connectivity index (χ1n) is 8.90. The lowest BCUT2D eigenvalue weighted by molar-refractivity contribution is -0.121. The summed E-state index contributed by atoms with van der Waals surface area (Å²) in [5.41, 5.74) is 3.33. The van der Waals surface area contributed by atoms with E-state index in [1.807, 2.05) is 37.3 Å². The Bertz CT molecular complexity index is 872. The summed E-state index contributed by atoms with van der Waals surface area (Å²) in [4.78, 5) is 23.8. The van der Waals surface area contributed by atoms with E-state index < -0.39 is 0 Å². The molecule has 2 N–H and O–H groups in total. The van der Waals surface area contributed by atoms with Crippen LogP contribution in [0, 0.1) is 0 Å². The van der Waals surface area contributed by atoms with E-state index in [1.54, 1.807) is 12.1 Å². The molecule has 0 fully saturated rings. The molecular formula is C22H22N2O3. The molecule has 1 atom stereocenters. The predicted molar refractivity (Wildman–Crippen MR) is 104 cm³/mol. The standard InChI is InChI=1S/C22H22N2O3/c1-16(17-9-11-19(12-10-17)18-6-3-2-4-7-18)24-21(25)13-14-23-22(26)20-8-5-15-27-20/h2-12,15-16H,13-14H2,1H3,(H,23,26)(H,24,25). The van der Waals surface area contributed by atoms with Crippen molar-refractivity contribution in [2.24, 2.45) is 0 Å². The quantitative estimate of drug-likeness (QED) is 0.669. The van der Waals surface area contributed by atoms with Gasteiger partial charge in [-0.1, -0.05) is 54.6 Å². The van der Waals surface area contributed by atoms with E-state index in [0.29, 0.717) is 0 Å². The summed E-state index contributed by atoms with van der Waals surface area (Å²) in [6.07, 6.45) is 1.64. The normalized spacial score (nSPS) is 11.6. The molecule has 138 valence electrons. The lowest BCUT2D eigenvalue weighted by Gasteiger charge is -2.15. The number of carbonyl (C=O) groups excluding carboxylic acids is 2. The van der Waals surface area contributed by atoms with E-state index in [-0.39, 0.29) is 36.6 Å². The largest absolute Gasteiger partial charge is 0.459 e. The van der Waals surface area contributed by atoms with Gasteiger partial charge in [-0.3, -0.25) is 9.59 Å². The molecular weight excluding hydrogens is 340 g/mol. The first kappa shape index (κ1) is 18.5. The Morgan fingerprint density at radius 2 is 1.63 bits per heavy atom. The van der Waals surface area contributed by atoms with Gasteiger partial charge < -0.3 is 15.1 Å². The van der Waals surface area contributed by atoms with Crippen LogP contribution in [-0.4, -0.2) is 18.4 Å². The van der Waals surface area contributed by atoms with Crippen LogP contribution in [-0.2, 0) is 4.79 Å². The second-order valence-corrected chi connectivity index (χ2v) is 6.26. The highest BCUT2D eigenvalue weighted by molar-refractivity contribution is 5.91. The molecule has 0 spiro atoms. The third-order valence-corrected chi connectivity index (χ3v) is 4.28. The molecule has 3 aromatic rings. The molecule has 3 rings (SSSR count). The minimum Gasteiger partial charge on any atom is -0.459 e. The summed E-state index contributed by atoms with van der Waals surface area (Å²) in [5, 5.41) is 5.61. The molecule has 0 bridgehead atoms. The smallest absolute Gasteiger partial charge is 0.286 e. The first-order valence-corrected chi connectivity index (χ1v) is 8.90. The molecule has 0 radical (unpaired) electrons. The van der Waals surface area contributed by atoms with Gasteiger partial charge in [0, 0.05) is 13.0 Å². The van der Waals surface area contributed by atoms with Gasteiger partial charge in [0.05, 0.1) is 12.3 Å². The zero-order chi connectivity index (χ0) is 19.1. The van der Waals surface area contributed by atoms with Crippen LogP contribution in [0.4, 0.5) is 0 Å². The molecule has 0 aliphatic carbocycles. The van der Waals surface area contributed by atoms with Gasteiger partial charge in [-0.2, -0.15) is 0 Å². The zero-order valence-corrected chi connectivity index (χ0v) is 15.1. The number of amides is 2. The minimum atomic E-state index is -0.322. The molecule has 0 saturated carbocycles. The van der Waals surface area contributed by atoms with E-state index in [0.717, 1.165) is 16.7 Å². The summed E-state index contributed by atoms with van der Waals surface area (Å²) < 4.78 is 5.00. The maximum absolute atomic E-state index is 12.1. The number of hydrogen-bond donors (Lipinski definition) is 2. The molecule has 2 amide bonds. The predicted octanol–water partition coefficient (Wildman–Crippen LogP) is 3.94.